The minimum absolute atomic E-state index is 0.573. The molecular formula is C16H13N3O2S. The number of benzene rings is 1. The van der Waals surface area contributed by atoms with Crippen LogP contribution in [0.25, 0.3) is 27.7 Å². The Hall–Kier alpha value is -2.73. The average Bonchev–Trinajstić information content (AvgIpc) is 3.25. The van der Waals surface area contributed by atoms with Gasteiger partial charge < -0.3 is 14.9 Å². The van der Waals surface area contributed by atoms with Gasteiger partial charge in [0, 0.05) is 10.9 Å². The maximum atomic E-state index is 6.30. The summed E-state index contributed by atoms with van der Waals surface area (Å²) in [6.07, 6.45) is 1.62. The largest absolute Gasteiger partial charge is 0.497 e. The van der Waals surface area contributed by atoms with Crippen LogP contribution in [0.2, 0.25) is 0 Å². The highest BCUT2D eigenvalue weighted by atomic mass is 32.1. The van der Waals surface area contributed by atoms with Crippen molar-refractivity contribution in [2.24, 2.45) is 0 Å². The number of imidazole rings is 1. The van der Waals surface area contributed by atoms with Crippen LogP contribution in [-0.4, -0.2) is 16.5 Å². The smallest absolute Gasteiger partial charge is 0.196 e. The number of hydrogen-bond acceptors (Lipinski definition) is 5. The van der Waals surface area contributed by atoms with Crippen molar-refractivity contribution in [3.05, 3.63) is 48.0 Å². The molecule has 0 bridgehead atoms. The molecule has 5 nitrogen and oxygen atoms in total. The van der Waals surface area contributed by atoms with Gasteiger partial charge in [-0.3, -0.25) is 4.40 Å². The first kappa shape index (κ1) is 13.0. The molecule has 0 atom stereocenters. The minimum atomic E-state index is 0.573. The number of rotatable bonds is 3. The zero-order chi connectivity index (χ0) is 15.1. The van der Waals surface area contributed by atoms with Crippen LogP contribution in [0.15, 0.2) is 52.5 Å². The number of fused-ring (bicyclic) bond motifs is 1. The molecule has 0 spiro atoms. The van der Waals surface area contributed by atoms with Crippen LogP contribution < -0.4 is 10.5 Å². The highest BCUT2D eigenvalue weighted by molar-refractivity contribution is 7.15. The van der Waals surface area contributed by atoms with E-state index in [2.05, 4.69) is 4.98 Å². The van der Waals surface area contributed by atoms with Crippen molar-refractivity contribution < 1.29 is 9.15 Å². The average molecular weight is 311 g/mol. The first-order chi connectivity index (χ1) is 10.8. The second kappa shape index (κ2) is 4.92. The molecule has 22 heavy (non-hydrogen) atoms. The first-order valence-electron chi connectivity index (χ1n) is 6.71. The van der Waals surface area contributed by atoms with Gasteiger partial charge in [-0.15, -0.1) is 11.3 Å². The molecular weight excluding hydrogens is 298 g/mol. The van der Waals surface area contributed by atoms with Gasteiger partial charge in [-0.2, -0.15) is 0 Å². The molecule has 0 aliphatic carbocycles. The predicted molar refractivity (Wildman–Crippen MR) is 87.2 cm³/mol. The number of nitrogens with two attached hydrogens (primary N) is 1. The summed E-state index contributed by atoms with van der Waals surface area (Å²) in [7, 11) is 1.66. The zero-order valence-electron chi connectivity index (χ0n) is 11.8. The van der Waals surface area contributed by atoms with Gasteiger partial charge in [-0.25, -0.2) is 4.98 Å². The van der Waals surface area contributed by atoms with E-state index in [1.54, 1.807) is 24.7 Å². The maximum absolute atomic E-state index is 6.30. The molecule has 0 aliphatic rings. The Balaban J connectivity index is 1.92. The molecule has 0 aliphatic heterocycles. The van der Waals surface area contributed by atoms with E-state index in [4.69, 9.17) is 14.9 Å². The number of nitrogens with zero attached hydrogens (tertiary/aromatic N) is 2. The third-order valence-corrected chi connectivity index (χ3v) is 4.34. The standard InChI is InChI=1S/C16H13N3O2S/c1-20-11-5-2-4-10(8-11)12-9-22-16-18-14(15(17)19(12)16)13-6-3-7-21-13/h2-9H,17H2,1H3. The molecule has 0 amide bonds. The lowest BCUT2D eigenvalue weighted by molar-refractivity contribution is 0.415. The van der Waals surface area contributed by atoms with Gasteiger partial charge in [-0.1, -0.05) is 12.1 Å². The van der Waals surface area contributed by atoms with Crippen LogP contribution >= 0.6 is 11.3 Å². The molecule has 0 radical (unpaired) electrons. The maximum Gasteiger partial charge on any atom is 0.196 e. The summed E-state index contributed by atoms with van der Waals surface area (Å²) in [6.45, 7) is 0. The van der Waals surface area contributed by atoms with Gasteiger partial charge in [0.25, 0.3) is 0 Å². The fourth-order valence-electron chi connectivity index (χ4n) is 2.46. The molecule has 4 aromatic rings. The van der Waals surface area contributed by atoms with E-state index in [0.29, 0.717) is 17.3 Å². The summed E-state index contributed by atoms with van der Waals surface area (Å²) >= 11 is 1.54. The second-order valence-electron chi connectivity index (χ2n) is 4.79. The van der Waals surface area contributed by atoms with Crippen molar-refractivity contribution in [2.45, 2.75) is 0 Å². The highest BCUT2D eigenvalue weighted by Crippen LogP contribution is 2.35. The molecule has 2 N–H and O–H groups in total. The van der Waals surface area contributed by atoms with Crippen molar-refractivity contribution in [1.29, 1.82) is 0 Å². The quantitative estimate of drug-likeness (QED) is 0.623. The van der Waals surface area contributed by atoms with E-state index >= 15 is 0 Å². The van der Waals surface area contributed by atoms with E-state index in [1.807, 2.05) is 46.2 Å². The van der Waals surface area contributed by atoms with Crippen LogP contribution in [0.1, 0.15) is 0 Å². The van der Waals surface area contributed by atoms with Crippen LogP contribution in [-0.2, 0) is 0 Å². The molecule has 1 aromatic carbocycles. The van der Waals surface area contributed by atoms with Gasteiger partial charge in [0.2, 0.25) is 0 Å². The fourth-order valence-corrected chi connectivity index (χ4v) is 3.36. The number of thiazole rings is 1. The molecule has 3 aromatic heterocycles. The SMILES string of the molecule is COc1cccc(-c2csc3nc(-c4ccco4)c(N)n23)c1. The Bertz CT molecular complexity index is 938. The predicted octanol–water partition coefficient (Wildman–Crippen LogP) is 3.91. The van der Waals surface area contributed by atoms with E-state index in [-0.39, 0.29) is 0 Å². The van der Waals surface area contributed by atoms with Crippen LogP contribution in [0.3, 0.4) is 0 Å². The lowest BCUT2D eigenvalue weighted by atomic mass is 10.1. The Labute approximate surface area is 130 Å². The van der Waals surface area contributed by atoms with Gasteiger partial charge in [-0.05, 0) is 24.3 Å². The van der Waals surface area contributed by atoms with Gasteiger partial charge in [0.1, 0.15) is 17.3 Å². The van der Waals surface area contributed by atoms with Crippen LogP contribution in [0, 0.1) is 0 Å². The van der Waals surface area contributed by atoms with Gasteiger partial charge in [0.15, 0.2) is 10.7 Å². The molecule has 0 fully saturated rings. The first-order valence-corrected chi connectivity index (χ1v) is 7.59. The topological polar surface area (TPSA) is 65.7 Å². The van der Waals surface area contributed by atoms with E-state index in [9.17, 15) is 0 Å². The molecule has 6 heteroatoms. The fraction of sp³-hybridized carbons (Fsp3) is 0.0625. The number of methoxy groups -OCH3 is 1. The molecule has 0 saturated heterocycles. The lowest BCUT2D eigenvalue weighted by Crippen LogP contribution is -1.95. The van der Waals surface area contributed by atoms with Crippen molar-refractivity contribution in [3.63, 3.8) is 0 Å². The number of aromatic nitrogens is 2. The third kappa shape index (κ3) is 1.88. The van der Waals surface area contributed by atoms with Crippen LogP contribution in [0.5, 0.6) is 5.75 Å². The summed E-state index contributed by atoms with van der Waals surface area (Å²) in [5.74, 6) is 2.05. The monoisotopic (exact) mass is 311 g/mol. The summed E-state index contributed by atoms with van der Waals surface area (Å²) < 4.78 is 12.6. The number of nitrogen functional groups attached to an aromatic ring is 1. The van der Waals surface area contributed by atoms with E-state index in [0.717, 1.165) is 22.0 Å². The van der Waals surface area contributed by atoms with E-state index in [1.165, 1.54) is 0 Å². The third-order valence-electron chi connectivity index (χ3n) is 3.52. The van der Waals surface area contributed by atoms with Crippen molar-refractivity contribution >= 4 is 22.1 Å². The molecule has 110 valence electrons. The number of hydrogen-bond donors (Lipinski definition) is 1. The summed E-state index contributed by atoms with van der Waals surface area (Å²) in [5, 5.41) is 2.04. The second-order valence-corrected chi connectivity index (χ2v) is 5.63. The van der Waals surface area contributed by atoms with Crippen molar-refractivity contribution in [2.75, 3.05) is 12.8 Å². The molecule has 3 heterocycles. The van der Waals surface area contributed by atoms with Crippen molar-refractivity contribution in [1.82, 2.24) is 9.38 Å². The molecule has 4 rings (SSSR count). The Morgan fingerprint density at radius 1 is 1.27 bits per heavy atom. The molecule has 0 saturated carbocycles. The molecule has 0 unspecified atom stereocenters. The number of furan rings is 1. The summed E-state index contributed by atoms with van der Waals surface area (Å²) in [5.41, 5.74) is 8.98. The van der Waals surface area contributed by atoms with Crippen molar-refractivity contribution in [3.8, 4) is 28.5 Å². The Morgan fingerprint density at radius 3 is 2.95 bits per heavy atom. The number of anilines is 1. The van der Waals surface area contributed by atoms with Crippen LogP contribution in [0.4, 0.5) is 5.82 Å². The van der Waals surface area contributed by atoms with Gasteiger partial charge >= 0.3 is 0 Å². The Kier molecular flexibility index (Phi) is 2.90. The van der Waals surface area contributed by atoms with Gasteiger partial charge in [0.05, 0.1) is 19.1 Å². The number of ether oxygens (including phenoxy) is 1. The van der Waals surface area contributed by atoms with E-state index < -0.39 is 0 Å². The zero-order valence-corrected chi connectivity index (χ0v) is 12.6. The minimum Gasteiger partial charge on any atom is -0.497 e. The lowest BCUT2D eigenvalue weighted by Gasteiger charge is -2.04. The summed E-state index contributed by atoms with van der Waals surface area (Å²) in [6, 6.07) is 11.6. The normalized spacial score (nSPS) is 11.1. The summed E-state index contributed by atoms with van der Waals surface area (Å²) in [4.78, 5) is 5.41. The Morgan fingerprint density at radius 2 is 2.18 bits per heavy atom. The highest BCUT2D eigenvalue weighted by Gasteiger charge is 2.18.